The van der Waals surface area contributed by atoms with Gasteiger partial charge >= 0.3 is 0 Å². The lowest BCUT2D eigenvalue weighted by atomic mass is 10.1. The fourth-order valence-electron chi connectivity index (χ4n) is 3.81. The Morgan fingerprint density at radius 2 is 1.86 bits per heavy atom. The number of benzene rings is 2. The van der Waals surface area contributed by atoms with Crippen LogP contribution >= 0.6 is 0 Å². The van der Waals surface area contributed by atoms with Crippen LogP contribution in [0.1, 0.15) is 22.6 Å². The van der Waals surface area contributed by atoms with Crippen LogP contribution in [0.25, 0.3) is 17.1 Å². The Morgan fingerprint density at radius 3 is 2.54 bits per heavy atom. The number of morpholine rings is 1. The van der Waals surface area contributed by atoms with Gasteiger partial charge in [-0.2, -0.15) is 0 Å². The molecule has 0 spiro atoms. The van der Waals surface area contributed by atoms with Gasteiger partial charge in [0.25, 0.3) is 5.91 Å². The van der Waals surface area contributed by atoms with Gasteiger partial charge in [-0.25, -0.2) is 8.93 Å². The molecule has 1 saturated heterocycles. The second-order valence-electron chi connectivity index (χ2n) is 8.19. The summed E-state index contributed by atoms with van der Waals surface area (Å²) in [7, 11) is -1.75. The smallest absolute Gasteiger partial charge is 0.287 e. The van der Waals surface area contributed by atoms with Crippen LogP contribution in [0.2, 0.25) is 0 Å². The van der Waals surface area contributed by atoms with E-state index in [-0.39, 0.29) is 33.6 Å². The van der Waals surface area contributed by atoms with E-state index >= 15 is 0 Å². The van der Waals surface area contributed by atoms with Crippen LogP contribution in [0, 0.1) is 6.92 Å². The van der Waals surface area contributed by atoms with Crippen molar-refractivity contribution in [2.75, 3.05) is 39.4 Å². The zero-order valence-corrected chi connectivity index (χ0v) is 20.1. The van der Waals surface area contributed by atoms with Gasteiger partial charge in [0.1, 0.15) is 22.5 Å². The molecule has 35 heavy (non-hydrogen) atoms. The van der Waals surface area contributed by atoms with Crippen LogP contribution in [0.4, 0.5) is 0 Å². The molecule has 186 valence electrons. The van der Waals surface area contributed by atoms with Gasteiger partial charge in [-0.05, 0) is 38.1 Å². The van der Waals surface area contributed by atoms with Gasteiger partial charge in [-0.15, -0.1) is 10.2 Å². The Balaban J connectivity index is 1.59. The van der Waals surface area contributed by atoms with Gasteiger partial charge in [-0.1, -0.05) is 17.7 Å². The zero-order chi connectivity index (χ0) is 24.9. The molecule has 12 heteroatoms. The Bertz CT molecular complexity index is 1220. The fourth-order valence-corrected chi connectivity index (χ4v) is 4.77. The van der Waals surface area contributed by atoms with Crippen molar-refractivity contribution in [2.45, 2.75) is 18.2 Å². The fraction of sp³-hybridized carbons (Fsp3) is 0.348. The van der Waals surface area contributed by atoms with E-state index in [9.17, 15) is 19.2 Å². The SMILES string of the molecule is Cc1ccc(-n2c(C(N)=O)nnc2-c2cc(S(=O)NCCCN3CCOCC3)c(O)cc2O)cc1. The van der Waals surface area contributed by atoms with Crippen molar-refractivity contribution in [1.29, 1.82) is 0 Å². The molecule has 0 saturated carbocycles. The van der Waals surface area contributed by atoms with Crippen LogP contribution in [0.3, 0.4) is 0 Å². The summed E-state index contributed by atoms with van der Waals surface area (Å²) in [5.41, 5.74) is 7.21. The van der Waals surface area contributed by atoms with E-state index < -0.39 is 16.9 Å². The van der Waals surface area contributed by atoms with Gasteiger partial charge in [-0.3, -0.25) is 14.3 Å². The van der Waals surface area contributed by atoms with Crippen molar-refractivity contribution in [3.05, 3.63) is 47.8 Å². The van der Waals surface area contributed by atoms with E-state index in [4.69, 9.17) is 10.5 Å². The first-order valence-electron chi connectivity index (χ1n) is 11.2. The molecule has 0 aliphatic carbocycles. The summed E-state index contributed by atoms with van der Waals surface area (Å²) in [6.07, 6.45) is 0.765. The van der Waals surface area contributed by atoms with Crippen molar-refractivity contribution in [3.8, 4) is 28.6 Å². The number of carbonyl (C=O) groups excluding carboxylic acids is 1. The van der Waals surface area contributed by atoms with Crippen LogP contribution in [0.15, 0.2) is 41.3 Å². The third kappa shape index (κ3) is 5.68. The lowest BCUT2D eigenvalue weighted by Crippen LogP contribution is -2.37. The summed E-state index contributed by atoms with van der Waals surface area (Å²) in [6, 6.07) is 9.69. The average Bonchev–Trinajstić information content (AvgIpc) is 3.28. The average molecular weight is 501 g/mol. The molecule has 4 rings (SSSR count). The Labute approximate surface area is 205 Å². The van der Waals surface area contributed by atoms with Gasteiger partial charge in [0.05, 0.1) is 23.7 Å². The quantitative estimate of drug-likeness (QED) is 0.318. The maximum absolute atomic E-state index is 12.9. The van der Waals surface area contributed by atoms with Crippen LogP contribution in [0.5, 0.6) is 11.5 Å². The number of amides is 1. The molecule has 1 amide bonds. The van der Waals surface area contributed by atoms with Crippen LogP contribution in [-0.2, 0) is 15.7 Å². The number of carbonyl (C=O) groups is 1. The molecule has 3 aromatic rings. The predicted molar refractivity (Wildman–Crippen MR) is 130 cm³/mol. The predicted octanol–water partition coefficient (Wildman–Crippen LogP) is 1.09. The molecule has 1 aliphatic heterocycles. The summed E-state index contributed by atoms with van der Waals surface area (Å²) in [5.74, 6) is -1.45. The first-order chi connectivity index (χ1) is 16.8. The second-order valence-corrected chi connectivity index (χ2v) is 9.46. The molecule has 2 aromatic carbocycles. The lowest BCUT2D eigenvalue weighted by molar-refractivity contribution is 0.0376. The summed E-state index contributed by atoms with van der Waals surface area (Å²) >= 11 is 0. The van der Waals surface area contributed by atoms with Gasteiger partial charge in [0, 0.05) is 31.4 Å². The van der Waals surface area contributed by atoms with E-state index in [0.717, 1.165) is 37.7 Å². The molecule has 5 N–H and O–H groups in total. The summed E-state index contributed by atoms with van der Waals surface area (Å²) in [5, 5.41) is 28.9. The number of aromatic hydroxyl groups is 2. The third-order valence-electron chi connectivity index (χ3n) is 5.68. The number of aryl methyl sites for hydroxylation is 1. The van der Waals surface area contributed by atoms with Crippen molar-refractivity contribution in [3.63, 3.8) is 0 Å². The Kier molecular flexibility index (Phi) is 7.76. The van der Waals surface area contributed by atoms with E-state index in [1.165, 1.54) is 10.6 Å². The van der Waals surface area contributed by atoms with Crippen molar-refractivity contribution < 1.29 is 24.0 Å². The number of nitrogens with one attached hydrogen (secondary N) is 1. The number of hydrogen-bond donors (Lipinski definition) is 4. The molecule has 2 heterocycles. The number of hydrogen-bond acceptors (Lipinski definition) is 8. The maximum Gasteiger partial charge on any atom is 0.287 e. The number of aromatic nitrogens is 3. The minimum absolute atomic E-state index is 0.0725. The molecule has 1 atom stereocenters. The maximum atomic E-state index is 12.9. The highest BCUT2D eigenvalue weighted by molar-refractivity contribution is 7.83. The summed E-state index contributed by atoms with van der Waals surface area (Å²) in [6.45, 7) is 6.41. The highest BCUT2D eigenvalue weighted by Gasteiger charge is 2.24. The number of phenols is 2. The van der Waals surface area contributed by atoms with E-state index in [1.54, 1.807) is 12.1 Å². The normalized spacial score (nSPS) is 15.2. The summed E-state index contributed by atoms with van der Waals surface area (Å²) < 4.78 is 22.6. The third-order valence-corrected chi connectivity index (χ3v) is 6.87. The zero-order valence-electron chi connectivity index (χ0n) is 19.3. The highest BCUT2D eigenvalue weighted by atomic mass is 32.2. The minimum atomic E-state index is -1.75. The van der Waals surface area contributed by atoms with Crippen molar-refractivity contribution >= 4 is 16.9 Å². The molecule has 0 radical (unpaired) electrons. The first-order valence-corrected chi connectivity index (χ1v) is 12.3. The number of rotatable bonds is 9. The summed E-state index contributed by atoms with van der Waals surface area (Å²) in [4.78, 5) is 14.4. The Hall–Kier alpha value is -3.32. The number of primary amides is 1. The van der Waals surface area contributed by atoms with E-state index in [1.807, 2.05) is 19.1 Å². The van der Waals surface area contributed by atoms with Crippen LogP contribution < -0.4 is 10.5 Å². The molecule has 1 aromatic heterocycles. The molecular formula is C23H28N6O5S. The molecular weight excluding hydrogens is 472 g/mol. The largest absolute Gasteiger partial charge is 0.507 e. The second kappa shape index (κ2) is 11.0. The topological polar surface area (TPSA) is 156 Å². The molecule has 0 bridgehead atoms. The standard InChI is InChI=1S/C23H28N6O5S/c1-15-3-5-16(6-4-15)29-22(26-27-23(29)21(24)32)17-13-20(19(31)14-18(17)30)35(33)25-7-2-8-28-9-11-34-12-10-28/h3-6,13-14,25,30-31H,2,7-12H2,1H3,(H2,24,32). The van der Waals surface area contributed by atoms with Gasteiger partial charge < -0.3 is 20.7 Å². The molecule has 1 fully saturated rings. The van der Waals surface area contributed by atoms with E-state index in [0.29, 0.717) is 25.4 Å². The Morgan fingerprint density at radius 1 is 1.14 bits per heavy atom. The molecule has 1 aliphatic rings. The van der Waals surface area contributed by atoms with Crippen molar-refractivity contribution in [1.82, 2.24) is 24.4 Å². The number of nitrogens with two attached hydrogens (primary N) is 1. The van der Waals surface area contributed by atoms with Gasteiger partial charge in [0.15, 0.2) is 5.82 Å². The van der Waals surface area contributed by atoms with Gasteiger partial charge in [0.2, 0.25) is 5.82 Å². The molecule has 11 nitrogen and oxygen atoms in total. The highest BCUT2D eigenvalue weighted by Crippen LogP contribution is 2.36. The van der Waals surface area contributed by atoms with E-state index in [2.05, 4.69) is 19.8 Å². The minimum Gasteiger partial charge on any atom is -0.507 e. The van der Waals surface area contributed by atoms with Crippen LogP contribution in [-0.4, -0.2) is 79.4 Å². The molecule has 1 unspecified atom stereocenters. The number of ether oxygens (including phenoxy) is 1. The number of nitrogens with zero attached hydrogens (tertiary/aromatic N) is 4. The monoisotopic (exact) mass is 500 g/mol. The number of phenolic OH excluding ortho intramolecular Hbond substituents is 2. The first kappa shape index (κ1) is 24.8. The lowest BCUT2D eigenvalue weighted by Gasteiger charge is -2.26. The van der Waals surface area contributed by atoms with Crippen molar-refractivity contribution in [2.24, 2.45) is 5.73 Å².